The fourth-order valence-electron chi connectivity index (χ4n) is 3.43. The fraction of sp³-hybridized carbons (Fsp3) is 0.120. The molecule has 1 unspecified atom stereocenters. The summed E-state index contributed by atoms with van der Waals surface area (Å²) < 4.78 is 31.3. The van der Waals surface area contributed by atoms with Gasteiger partial charge in [-0.25, -0.2) is 22.9 Å². The molecule has 0 bridgehead atoms. The quantitative estimate of drug-likeness (QED) is 0.326. The molecule has 0 aliphatic carbocycles. The van der Waals surface area contributed by atoms with Crippen LogP contribution in [0.4, 0.5) is 5.69 Å². The first-order valence-corrected chi connectivity index (χ1v) is 12.3. The first-order valence-electron chi connectivity index (χ1n) is 10.8. The van der Waals surface area contributed by atoms with E-state index < -0.39 is 33.9 Å². The third-order valence-corrected chi connectivity index (χ3v) is 6.60. The monoisotopic (exact) mass is 506 g/mol. The zero-order chi connectivity index (χ0) is 25.9. The Labute approximate surface area is 206 Å². The smallest absolute Gasteiger partial charge is 0.339 e. The van der Waals surface area contributed by atoms with Crippen molar-refractivity contribution in [2.24, 2.45) is 0 Å². The van der Waals surface area contributed by atoms with Gasteiger partial charge in [-0.3, -0.25) is 9.59 Å². The number of imidazole rings is 1. The normalized spacial score (nSPS) is 12.1. The Bertz CT molecular complexity index is 1530. The molecule has 4 rings (SSSR count). The average molecular weight is 507 g/mol. The summed E-state index contributed by atoms with van der Waals surface area (Å²) in [7, 11) is -3.99. The largest absolute Gasteiger partial charge is 0.449 e. The maximum Gasteiger partial charge on any atom is 0.339 e. The molecule has 36 heavy (non-hydrogen) atoms. The van der Waals surface area contributed by atoms with Crippen LogP contribution in [0, 0.1) is 0 Å². The molecule has 0 aliphatic heterocycles. The molecule has 2 amide bonds. The molecule has 11 heteroatoms. The second kappa shape index (κ2) is 10.0. The van der Waals surface area contributed by atoms with Crippen molar-refractivity contribution < 1.29 is 27.5 Å². The minimum Gasteiger partial charge on any atom is -0.449 e. The van der Waals surface area contributed by atoms with E-state index in [0.29, 0.717) is 11.4 Å². The highest BCUT2D eigenvalue weighted by atomic mass is 32.2. The number of nitrogens with zero attached hydrogens (tertiary/aromatic N) is 1. The Morgan fingerprint density at radius 2 is 1.61 bits per heavy atom. The van der Waals surface area contributed by atoms with Crippen molar-refractivity contribution in [1.29, 1.82) is 0 Å². The Balaban J connectivity index is 1.45. The third kappa shape index (κ3) is 5.41. The van der Waals surface area contributed by atoms with Gasteiger partial charge in [0.15, 0.2) is 6.10 Å². The van der Waals surface area contributed by atoms with E-state index in [2.05, 4.69) is 15.3 Å². The van der Waals surface area contributed by atoms with Crippen molar-refractivity contribution >= 4 is 44.5 Å². The van der Waals surface area contributed by atoms with E-state index >= 15 is 0 Å². The van der Waals surface area contributed by atoms with Gasteiger partial charge in [-0.2, -0.15) is 0 Å². The molecule has 1 heterocycles. The third-order valence-electron chi connectivity index (χ3n) is 5.15. The van der Waals surface area contributed by atoms with Gasteiger partial charge in [-0.05, 0) is 49.4 Å². The van der Waals surface area contributed by atoms with E-state index in [1.54, 1.807) is 24.3 Å². The SMILES string of the molecule is CC(=O)NS(=O)(=O)c1ccc(NC(=O)C(C)OC(=O)c2ccccc2-c2nc3ccccc3[nH]2)cc1. The van der Waals surface area contributed by atoms with Crippen LogP contribution in [0.3, 0.4) is 0 Å². The molecular formula is C25H22N4O6S. The number of esters is 1. The molecule has 10 nitrogen and oxygen atoms in total. The van der Waals surface area contributed by atoms with Gasteiger partial charge >= 0.3 is 5.97 Å². The maximum absolute atomic E-state index is 12.9. The predicted octanol–water partition coefficient (Wildman–Crippen LogP) is 3.24. The number of carbonyl (C=O) groups is 3. The van der Waals surface area contributed by atoms with Crippen molar-refractivity contribution in [2.45, 2.75) is 24.8 Å². The van der Waals surface area contributed by atoms with Crippen LogP contribution in [0.25, 0.3) is 22.4 Å². The Morgan fingerprint density at radius 1 is 0.944 bits per heavy atom. The summed E-state index contributed by atoms with van der Waals surface area (Å²) in [4.78, 5) is 44.1. The number of aromatic nitrogens is 2. The van der Waals surface area contributed by atoms with Crippen LogP contribution in [0.5, 0.6) is 0 Å². The second-order valence-electron chi connectivity index (χ2n) is 7.87. The molecule has 0 aliphatic rings. The van der Waals surface area contributed by atoms with E-state index in [4.69, 9.17) is 4.74 Å². The van der Waals surface area contributed by atoms with Crippen LogP contribution in [0.15, 0.2) is 77.7 Å². The van der Waals surface area contributed by atoms with Gasteiger partial charge in [0.05, 0.1) is 21.5 Å². The van der Waals surface area contributed by atoms with Gasteiger partial charge in [0.25, 0.3) is 15.9 Å². The van der Waals surface area contributed by atoms with Crippen LogP contribution >= 0.6 is 0 Å². The second-order valence-corrected chi connectivity index (χ2v) is 9.55. The first kappa shape index (κ1) is 24.6. The zero-order valence-corrected chi connectivity index (χ0v) is 20.1. The first-order chi connectivity index (χ1) is 17.1. The van der Waals surface area contributed by atoms with Crippen LogP contribution in [0.2, 0.25) is 0 Å². The molecule has 0 saturated carbocycles. The molecule has 0 spiro atoms. The number of hydrogen-bond acceptors (Lipinski definition) is 7. The Kier molecular flexibility index (Phi) is 6.84. The van der Waals surface area contributed by atoms with E-state index in [-0.39, 0.29) is 16.1 Å². The summed E-state index contributed by atoms with van der Waals surface area (Å²) >= 11 is 0. The molecular weight excluding hydrogens is 484 g/mol. The van der Waals surface area contributed by atoms with E-state index in [1.807, 2.05) is 29.0 Å². The number of rotatable bonds is 7. The summed E-state index contributed by atoms with van der Waals surface area (Å²) in [6, 6.07) is 19.4. The van der Waals surface area contributed by atoms with Gasteiger partial charge in [-0.15, -0.1) is 0 Å². The summed E-state index contributed by atoms with van der Waals surface area (Å²) in [6.07, 6.45) is -1.15. The van der Waals surface area contributed by atoms with Gasteiger partial charge in [0, 0.05) is 18.2 Å². The van der Waals surface area contributed by atoms with E-state index in [9.17, 15) is 22.8 Å². The van der Waals surface area contributed by atoms with Gasteiger partial charge in [0.1, 0.15) is 5.82 Å². The Hall–Kier alpha value is -4.51. The highest BCUT2D eigenvalue weighted by Crippen LogP contribution is 2.25. The summed E-state index contributed by atoms with van der Waals surface area (Å²) in [6.45, 7) is 2.51. The van der Waals surface area contributed by atoms with Crippen molar-refractivity contribution in [3.8, 4) is 11.4 Å². The number of hydrogen-bond donors (Lipinski definition) is 3. The maximum atomic E-state index is 12.9. The number of amides is 2. The lowest BCUT2D eigenvalue weighted by molar-refractivity contribution is -0.123. The number of fused-ring (bicyclic) bond motifs is 1. The van der Waals surface area contributed by atoms with Crippen molar-refractivity contribution in [3.05, 3.63) is 78.4 Å². The standard InChI is InChI=1S/C25H22N4O6S/c1-15(24(31)26-17-11-13-18(14-12-17)36(33,34)29-16(2)30)35-25(32)20-8-4-3-7-19(20)23-27-21-9-5-6-10-22(21)28-23/h3-15H,1-2H3,(H,26,31)(H,27,28)(H,29,30). The topological polar surface area (TPSA) is 147 Å². The summed E-state index contributed by atoms with van der Waals surface area (Å²) in [5, 5.41) is 2.57. The number of ether oxygens (including phenoxy) is 1. The number of para-hydroxylation sites is 2. The van der Waals surface area contributed by atoms with Crippen molar-refractivity contribution in [1.82, 2.24) is 14.7 Å². The lowest BCUT2D eigenvalue weighted by Gasteiger charge is -2.15. The molecule has 3 aromatic carbocycles. The zero-order valence-electron chi connectivity index (χ0n) is 19.3. The van der Waals surface area contributed by atoms with E-state index in [0.717, 1.165) is 18.0 Å². The molecule has 0 radical (unpaired) electrons. The number of carbonyl (C=O) groups excluding carboxylic acids is 3. The lowest BCUT2D eigenvalue weighted by atomic mass is 10.1. The molecule has 184 valence electrons. The summed E-state index contributed by atoms with van der Waals surface area (Å²) in [5.41, 5.74) is 2.62. The molecule has 0 fully saturated rings. The van der Waals surface area contributed by atoms with Crippen LogP contribution in [0.1, 0.15) is 24.2 Å². The molecule has 1 aromatic heterocycles. The lowest BCUT2D eigenvalue weighted by Crippen LogP contribution is -2.30. The summed E-state index contributed by atoms with van der Waals surface area (Å²) in [5.74, 6) is -1.53. The fourth-order valence-corrected chi connectivity index (χ4v) is 4.43. The average Bonchev–Trinajstić information content (AvgIpc) is 3.28. The molecule has 4 aromatic rings. The van der Waals surface area contributed by atoms with Crippen molar-refractivity contribution in [3.63, 3.8) is 0 Å². The van der Waals surface area contributed by atoms with Gasteiger partial charge in [0.2, 0.25) is 5.91 Å². The molecule has 3 N–H and O–H groups in total. The minimum absolute atomic E-state index is 0.141. The van der Waals surface area contributed by atoms with Crippen LogP contribution in [-0.2, 0) is 24.3 Å². The number of sulfonamides is 1. The van der Waals surface area contributed by atoms with Crippen LogP contribution < -0.4 is 10.0 Å². The predicted molar refractivity (Wildman–Crippen MR) is 132 cm³/mol. The number of aromatic amines is 1. The van der Waals surface area contributed by atoms with Gasteiger partial charge in [-0.1, -0.05) is 30.3 Å². The number of nitrogens with one attached hydrogen (secondary N) is 3. The number of anilines is 1. The minimum atomic E-state index is -3.99. The highest BCUT2D eigenvalue weighted by molar-refractivity contribution is 7.90. The molecule has 1 atom stereocenters. The van der Waals surface area contributed by atoms with Crippen LogP contribution in [-0.4, -0.2) is 42.3 Å². The van der Waals surface area contributed by atoms with Crippen molar-refractivity contribution in [2.75, 3.05) is 5.32 Å². The Morgan fingerprint density at radius 3 is 2.31 bits per heavy atom. The number of benzene rings is 3. The van der Waals surface area contributed by atoms with E-state index in [1.165, 1.54) is 31.2 Å². The number of H-pyrrole nitrogens is 1. The molecule has 0 saturated heterocycles. The highest BCUT2D eigenvalue weighted by Gasteiger charge is 2.23. The van der Waals surface area contributed by atoms with Gasteiger partial charge < -0.3 is 15.0 Å².